The van der Waals surface area contributed by atoms with Gasteiger partial charge in [0.25, 0.3) is 0 Å². The Morgan fingerprint density at radius 2 is 1.39 bits per heavy atom. The average molecular weight is 314 g/mol. The molecule has 0 bridgehead atoms. The van der Waals surface area contributed by atoms with Gasteiger partial charge in [0.2, 0.25) is 0 Å². The van der Waals surface area contributed by atoms with Gasteiger partial charge in [0.1, 0.15) is 17.4 Å². The van der Waals surface area contributed by atoms with E-state index in [1.165, 1.54) is 7.11 Å². The van der Waals surface area contributed by atoms with E-state index in [1.54, 1.807) is 24.3 Å². The number of phenolic OH excluding ortho intramolecular Hbond substituents is 2. The molecule has 4 heteroatoms. The molecule has 0 heterocycles. The van der Waals surface area contributed by atoms with Crippen LogP contribution in [0.1, 0.15) is 42.0 Å². The van der Waals surface area contributed by atoms with Crippen molar-refractivity contribution in [3.05, 3.63) is 58.7 Å². The molecule has 0 unspecified atom stereocenters. The van der Waals surface area contributed by atoms with Crippen LogP contribution in [0.2, 0.25) is 0 Å². The van der Waals surface area contributed by atoms with Crippen molar-refractivity contribution in [2.24, 2.45) is 0 Å². The van der Waals surface area contributed by atoms with Gasteiger partial charge in [-0.2, -0.15) is 0 Å². The van der Waals surface area contributed by atoms with E-state index in [-0.39, 0.29) is 11.5 Å². The highest BCUT2D eigenvalue weighted by Gasteiger charge is 2.29. The molecule has 0 aliphatic rings. The normalized spacial score (nSPS) is 10.8. The number of hydrogen-bond donors (Lipinski definition) is 2. The predicted octanol–water partition coefficient (Wildman–Crippen LogP) is 3.53. The second-order valence-corrected chi connectivity index (χ2v) is 5.45. The largest absolute Gasteiger partial charge is 0.508 e. The Morgan fingerprint density at radius 3 is 1.74 bits per heavy atom. The van der Waals surface area contributed by atoms with Crippen LogP contribution in [0.15, 0.2) is 36.4 Å². The lowest BCUT2D eigenvalue weighted by atomic mass is 9.87. The van der Waals surface area contributed by atoms with Crippen molar-refractivity contribution in [2.45, 2.75) is 32.6 Å². The molecule has 0 saturated carbocycles. The third-order valence-corrected chi connectivity index (χ3v) is 4.06. The first-order valence-corrected chi connectivity index (χ1v) is 7.73. The average Bonchev–Trinajstić information content (AvgIpc) is 2.58. The Bertz CT molecular complexity index is 653. The number of esters is 1. The first-order valence-electron chi connectivity index (χ1n) is 7.73. The zero-order valence-corrected chi connectivity index (χ0v) is 13.7. The molecular weight excluding hydrogens is 292 g/mol. The van der Waals surface area contributed by atoms with Gasteiger partial charge in [-0.3, -0.25) is 4.79 Å². The van der Waals surface area contributed by atoms with Crippen molar-refractivity contribution in [3.8, 4) is 11.5 Å². The molecule has 4 nitrogen and oxygen atoms in total. The summed E-state index contributed by atoms with van der Waals surface area (Å²) in [7, 11) is 1.30. The summed E-state index contributed by atoms with van der Waals surface area (Å²) in [6.07, 6.45) is 1.56. The number of methoxy groups -OCH3 is 1. The maximum absolute atomic E-state index is 12.4. The summed E-state index contributed by atoms with van der Waals surface area (Å²) >= 11 is 0. The van der Waals surface area contributed by atoms with Crippen LogP contribution >= 0.6 is 0 Å². The molecule has 0 radical (unpaired) electrons. The number of hydrogen-bond acceptors (Lipinski definition) is 4. The lowest BCUT2D eigenvalue weighted by Crippen LogP contribution is -2.16. The topological polar surface area (TPSA) is 66.8 Å². The second-order valence-electron chi connectivity index (χ2n) is 5.45. The number of ether oxygens (including phenoxy) is 1. The summed E-state index contributed by atoms with van der Waals surface area (Å²) in [5.74, 6) is -1.35. The van der Waals surface area contributed by atoms with Crippen molar-refractivity contribution in [2.75, 3.05) is 7.11 Å². The van der Waals surface area contributed by atoms with Gasteiger partial charge in [-0.25, -0.2) is 0 Å². The fraction of sp³-hybridized carbons (Fsp3) is 0.316. The van der Waals surface area contributed by atoms with Gasteiger partial charge in [-0.05, 0) is 36.1 Å². The van der Waals surface area contributed by atoms with Crippen molar-refractivity contribution in [1.29, 1.82) is 0 Å². The van der Waals surface area contributed by atoms with Gasteiger partial charge in [0.05, 0.1) is 7.11 Å². The summed E-state index contributed by atoms with van der Waals surface area (Å²) in [4.78, 5) is 12.4. The number of benzene rings is 2. The first kappa shape index (κ1) is 16.9. The number of aromatic hydroxyl groups is 2. The predicted molar refractivity (Wildman–Crippen MR) is 88.8 cm³/mol. The number of carbonyl (C=O) groups excluding carboxylic acids is 1. The van der Waals surface area contributed by atoms with Crippen LogP contribution < -0.4 is 0 Å². The molecule has 0 saturated heterocycles. The number of rotatable bonds is 5. The van der Waals surface area contributed by atoms with Crippen molar-refractivity contribution in [3.63, 3.8) is 0 Å². The van der Waals surface area contributed by atoms with Gasteiger partial charge in [0.15, 0.2) is 0 Å². The Kier molecular flexibility index (Phi) is 5.27. The molecule has 0 aliphatic heterocycles. The van der Waals surface area contributed by atoms with Crippen LogP contribution in [-0.2, 0) is 22.4 Å². The SMILES string of the molecule is CCc1ccc(O)c(C(C(=O)OC)c2cc(CC)ccc2O)c1. The van der Waals surface area contributed by atoms with E-state index in [9.17, 15) is 15.0 Å². The van der Waals surface area contributed by atoms with Gasteiger partial charge in [-0.15, -0.1) is 0 Å². The van der Waals surface area contributed by atoms with E-state index >= 15 is 0 Å². The van der Waals surface area contributed by atoms with E-state index in [0.717, 1.165) is 24.0 Å². The molecule has 0 spiro atoms. The molecule has 0 atom stereocenters. The summed E-state index contributed by atoms with van der Waals surface area (Å²) < 4.78 is 4.92. The van der Waals surface area contributed by atoms with E-state index in [2.05, 4.69) is 0 Å². The molecule has 2 aromatic carbocycles. The van der Waals surface area contributed by atoms with Crippen LogP contribution in [0.5, 0.6) is 11.5 Å². The Labute approximate surface area is 136 Å². The summed E-state index contributed by atoms with van der Waals surface area (Å²) in [6, 6.07) is 10.4. The monoisotopic (exact) mass is 314 g/mol. The molecule has 0 aliphatic carbocycles. The maximum atomic E-state index is 12.4. The highest BCUT2D eigenvalue weighted by atomic mass is 16.5. The van der Waals surface area contributed by atoms with E-state index in [0.29, 0.717) is 11.1 Å². The summed E-state index contributed by atoms with van der Waals surface area (Å²) in [5.41, 5.74) is 2.88. The van der Waals surface area contributed by atoms with Crippen molar-refractivity contribution in [1.82, 2.24) is 0 Å². The number of phenols is 2. The van der Waals surface area contributed by atoms with Gasteiger partial charge in [-0.1, -0.05) is 38.1 Å². The maximum Gasteiger partial charge on any atom is 0.317 e. The van der Waals surface area contributed by atoms with Gasteiger partial charge < -0.3 is 14.9 Å². The Hall–Kier alpha value is -2.49. The molecule has 2 N–H and O–H groups in total. The quantitative estimate of drug-likeness (QED) is 0.829. The molecule has 0 fully saturated rings. The van der Waals surface area contributed by atoms with Crippen molar-refractivity contribution >= 4 is 5.97 Å². The minimum Gasteiger partial charge on any atom is -0.508 e. The summed E-state index contributed by atoms with van der Waals surface area (Å²) in [5, 5.41) is 20.5. The van der Waals surface area contributed by atoms with Crippen molar-refractivity contribution < 1.29 is 19.7 Å². The van der Waals surface area contributed by atoms with E-state index in [1.807, 2.05) is 26.0 Å². The highest BCUT2D eigenvalue weighted by Crippen LogP contribution is 2.37. The molecule has 122 valence electrons. The molecular formula is C19H22O4. The fourth-order valence-corrected chi connectivity index (χ4v) is 2.65. The van der Waals surface area contributed by atoms with Crippen LogP contribution in [0.25, 0.3) is 0 Å². The standard InChI is InChI=1S/C19H22O4/c1-4-12-6-8-16(20)14(10-12)18(19(22)23-3)15-11-13(5-2)7-9-17(15)21/h6-11,18,20-21H,4-5H2,1-3H3. The smallest absolute Gasteiger partial charge is 0.317 e. The Morgan fingerprint density at radius 1 is 0.957 bits per heavy atom. The lowest BCUT2D eigenvalue weighted by Gasteiger charge is -2.19. The molecule has 2 aromatic rings. The van der Waals surface area contributed by atoms with E-state index < -0.39 is 11.9 Å². The van der Waals surface area contributed by atoms with E-state index in [4.69, 9.17) is 4.74 Å². The van der Waals surface area contributed by atoms with Crippen LogP contribution in [0, 0.1) is 0 Å². The minimum atomic E-state index is -0.863. The van der Waals surface area contributed by atoms with Crippen LogP contribution in [-0.4, -0.2) is 23.3 Å². The fourth-order valence-electron chi connectivity index (χ4n) is 2.65. The highest BCUT2D eigenvalue weighted by molar-refractivity contribution is 5.84. The number of carbonyl (C=O) groups is 1. The molecule has 23 heavy (non-hydrogen) atoms. The summed E-state index contributed by atoms with van der Waals surface area (Å²) in [6.45, 7) is 4.00. The van der Waals surface area contributed by atoms with Crippen LogP contribution in [0.3, 0.4) is 0 Å². The minimum absolute atomic E-state index is 0.0129. The van der Waals surface area contributed by atoms with Gasteiger partial charge in [0, 0.05) is 11.1 Å². The van der Waals surface area contributed by atoms with Gasteiger partial charge >= 0.3 is 5.97 Å². The first-order chi connectivity index (χ1) is 11.0. The third kappa shape index (κ3) is 3.47. The molecule has 0 aromatic heterocycles. The lowest BCUT2D eigenvalue weighted by molar-refractivity contribution is -0.141. The van der Waals surface area contributed by atoms with Crippen LogP contribution in [0.4, 0.5) is 0 Å². The zero-order valence-electron chi connectivity index (χ0n) is 13.7. The third-order valence-electron chi connectivity index (χ3n) is 4.06. The zero-order chi connectivity index (χ0) is 17.0. The Balaban J connectivity index is 2.65. The number of aryl methyl sites for hydroxylation is 2. The second kappa shape index (κ2) is 7.18. The molecule has 2 rings (SSSR count). The molecule has 0 amide bonds.